The molecule has 0 fully saturated rings. The van der Waals surface area contributed by atoms with Crippen molar-refractivity contribution in [2.45, 2.75) is 39.2 Å². The van der Waals surface area contributed by atoms with E-state index >= 15 is 0 Å². The van der Waals surface area contributed by atoms with Gasteiger partial charge in [0.25, 0.3) is 0 Å². The molecule has 0 aliphatic heterocycles. The molecular weight excluding hydrogens is 351 g/mol. The lowest BCUT2D eigenvalue weighted by atomic mass is 10.2. The molecule has 0 aliphatic carbocycles. The van der Waals surface area contributed by atoms with E-state index < -0.39 is 0 Å². The minimum atomic E-state index is 0. The van der Waals surface area contributed by atoms with Crippen molar-refractivity contribution in [1.29, 1.82) is 0 Å². The Kier molecular flexibility index (Phi) is 11.7. The summed E-state index contributed by atoms with van der Waals surface area (Å²) in [5.41, 5.74) is 1.02. The molecule has 0 atom stereocenters. The molecule has 1 aromatic rings. The van der Waals surface area contributed by atoms with Crippen LogP contribution in [0.3, 0.4) is 0 Å². The Morgan fingerprint density at radius 3 is 2.68 bits per heavy atom. The number of aromatic nitrogens is 1. The van der Waals surface area contributed by atoms with Crippen molar-refractivity contribution in [3.05, 3.63) is 30.1 Å². The Hall–Kier alpha value is -0.850. The highest BCUT2D eigenvalue weighted by molar-refractivity contribution is 14.0. The highest BCUT2D eigenvalue weighted by Gasteiger charge is 1.97. The first-order valence-corrected chi connectivity index (χ1v) is 6.71. The first-order valence-electron chi connectivity index (χ1n) is 6.71. The number of unbranched alkanes of at least 4 members (excludes halogenated alkanes) is 3. The van der Waals surface area contributed by atoms with E-state index in [1.54, 1.807) is 13.2 Å². The molecule has 1 rings (SSSR count). The van der Waals surface area contributed by atoms with Crippen LogP contribution in [0.4, 0.5) is 0 Å². The van der Waals surface area contributed by atoms with E-state index in [1.165, 1.54) is 25.7 Å². The van der Waals surface area contributed by atoms with E-state index in [2.05, 4.69) is 27.5 Å². The zero-order chi connectivity index (χ0) is 13.1. The zero-order valence-corrected chi connectivity index (χ0v) is 14.2. The number of pyridine rings is 1. The van der Waals surface area contributed by atoms with E-state index in [-0.39, 0.29) is 24.0 Å². The Bertz CT molecular complexity index is 341. The second-order valence-corrected chi connectivity index (χ2v) is 4.23. The number of aliphatic imine (C=N–C) groups is 1. The average Bonchev–Trinajstić information content (AvgIpc) is 2.43. The van der Waals surface area contributed by atoms with Crippen LogP contribution in [0.15, 0.2) is 29.4 Å². The molecule has 0 radical (unpaired) electrons. The molecular formula is C14H25IN4. The fraction of sp³-hybridized carbons (Fsp3) is 0.571. The van der Waals surface area contributed by atoms with E-state index in [0.717, 1.165) is 18.2 Å². The molecule has 4 nitrogen and oxygen atoms in total. The molecule has 0 unspecified atom stereocenters. The molecule has 0 saturated carbocycles. The van der Waals surface area contributed by atoms with Crippen LogP contribution in [0.5, 0.6) is 0 Å². The summed E-state index contributed by atoms with van der Waals surface area (Å²) in [6.07, 6.45) is 6.85. The number of rotatable bonds is 7. The summed E-state index contributed by atoms with van der Waals surface area (Å²) < 4.78 is 0. The Morgan fingerprint density at radius 1 is 1.21 bits per heavy atom. The van der Waals surface area contributed by atoms with Crippen LogP contribution in [-0.2, 0) is 6.54 Å². The summed E-state index contributed by atoms with van der Waals surface area (Å²) >= 11 is 0. The Balaban J connectivity index is 0.00000324. The van der Waals surface area contributed by atoms with Crippen LogP contribution in [0.25, 0.3) is 0 Å². The smallest absolute Gasteiger partial charge is 0.191 e. The van der Waals surface area contributed by atoms with Gasteiger partial charge in [-0.2, -0.15) is 0 Å². The van der Waals surface area contributed by atoms with Crippen molar-refractivity contribution >= 4 is 29.9 Å². The molecule has 108 valence electrons. The molecule has 0 amide bonds. The predicted octanol–water partition coefficient (Wildman–Crippen LogP) is 2.94. The zero-order valence-electron chi connectivity index (χ0n) is 11.9. The second-order valence-electron chi connectivity index (χ2n) is 4.23. The molecule has 0 spiro atoms. The van der Waals surface area contributed by atoms with Crippen LogP contribution >= 0.6 is 24.0 Å². The summed E-state index contributed by atoms with van der Waals surface area (Å²) in [6, 6.07) is 5.91. The van der Waals surface area contributed by atoms with Gasteiger partial charge in [0, 0.05) is 19.8 Å². The van der Waals surface area contributed by atoms with Crippen LogP contribution in [0.2, 0.25) is 0 Å². The van der Waals surface area contributed by atoms with Crippen LogP contribution < -0.4 is 10.6 Å². The summed E-state index contributed by atoms with van der Waals surface area (Å²) in [5.74, 6) is 0.845. The van der Waals surface area contributed by atoms with Gasteiger partial charge < -0.3 is 10.6 Å². The van der Waals surface area contributed by atoms with E-state index in [1.807, 2.05) is 18.2 Å². The molecule has 0 aromatic carbocycles. The lowest BCUT2D eigenvalue weighted by Gasteiger charge is -2.11. The number of guanidine groups is 1. The van der Waals surface area contributed by atoms with Gasteiger partial charge in [0.2, 0.25) is 0 Å². The van der Waals surface area contributed by atoms with E-state index in [4.69, 9.17) is 0 Å². The predicted molar refractivity (Wildman–Crippen MR) is 92.0 cm³/mol. The van der Waals surface area contributed by atoms with Gasteiger partial charge >= 0.3 is 0 Å². The maximum atomic E-state index is 4.26. The lowest BCUT2D eigenvalue weighted by molar-refractivity contribution is 0.646. The van der Waals surface area contributed by atoms with Gasteiger partial charge in [0.1, 0.15) is 0 Å². The molecule has 1 aromatic heterocycles. The third-order valence-corrected chi connectivity index (χ3v) is 2.71. The lowest BCUT2D eigenvalue weighted by Crippen LogP contribution is -2.37. The Morgan fingerprint density at radius 2 is 2.05 bits per heavy atom. The summed E-state index contributed by atoms with van der Waals surface area (Å²) in [6.45, 7) is 3.90. The Labute approximate surface area is 133 Å². The van der Waals surface area contributed by atoms with Crippen molar-refractivity contribution in [1.82, 2.24) is 15.6 Å². The maximum Gasteiger partial charge on any atom is 0.191 e. The van der Waals surface area contributed by atoms with Gasteiger partial charge in [0.15, 0.2) is 5.96 Å². The minimum Gasteiger partial charge on any atom is -0.356 e. The number of nitrogens with zero attached hydrogens (tertiary/aromatic N) is 2. The standard InChI is InChI=1S/C14H24N4.HI/c1-3-4-5-7-11-17-14(15-2)18-12-13-9-6-8-10-16-13;/h6,8-10H,3-5,7,11-12H2,1-2H3,(H2,15,17,18);1H. The van der Waals surface area contributed by atoms with Gasteiger partial charge in [0.05, 0.1) is 12.2 Å². The largest absolute Gasteiger partial charge is 0.356 e. The summed E-state index contributed by atoms with van der Waals surface area (Å²) in [4.78, 5) is 8.45. The minimum absolute atomic E-state index is 0. The highest BCUT2D eigenvalue weighted by atomic mass is 127. The third-order valence-electron chi connectivity index (χ3n) is 2.71. The second kappa shape index (κ2) is 12.2. The van der Waals surface area contributed by atoms with Crippen LogP contribution in [0.1, 0.15) is 38.3 Å². The fourth-order valence-corrected chi connectivity index (χ4v) is 1.66. The van der Waals surface area contributed by atoms with Gasteiger partial charge in [-0.1, -0.05) is 32.3 Å². The molecule has 19 heavy (non-hydrogen) atoms. The van der Waals surface area contributed by atoms with Gasteiger partial charge in [-0.15, -0.1) is 24.0 Å². The average molecular weight is 376 g/mol. The van der Waals surface area contributed by atoms with Crippen molar-refractivity contribution < 1.29 is 0 Å². The molecule has 1 heterocycles. The molecule has 0 bridgehead atoms. The van der Waals surface area contributed by atoms with Gasteiger partial charge in [-0.05, 0) is 18.6 Å². The SMILES string of the molecule is CCCCCCNC(=NC)NCc1ccccn1.I. The van der Waals surface area contributed by atoms with Crippen molar-refractivity contribution in [2.24, 2.45) is 4.99 Å². The molecule has 2 N–H and O–H groups in total. The van der Waals surface area contributed by atoms with Crippen molar-refractivity contribution in [3.8, 4) is 0 Å². The number of hydrogen-bond donors (Lipinski definition) is 2. The van der Waals surface area contributed by atoms with Gasteiger partial charge in [-0.3, -0.25) is 9.98 Å². The first kappa shape index (κ1) is 18.1. The number of halogens is 1. The van der Waals surface area contributed by atoms with Crippen molar-refractivity contribution in [2.75, 3.05) is 13.6 Å². The fourth-order valence-electron chi connectivity index (χ4n) is 1.66. The van der Waals surface area contributed by atoms with E-state index in [0.29, 0.717) is 6.54 Å². The highest BCUT2D eigenvalue weighted by Crippen LogP contribution is 1.97. The molecule has 0 aliphatic rings. The van der Waals surface area contributed by atoms with E-state index in [9.17, 15) is 0 Å². The molecule has 0 saturated heterocycles. The number of hydrogen-bond acceptors (Lipinski definition) is 2. The third kappa shape index (κ3) is 8.80. The molecule has 5 heteroatoms. The van der Waals surface area contributed by atoms with Crippen molar-refractivity contribution in [3.63, 3.8) is 0 Å². The first-order chi connectivity index (χ1) is 8.86. The normalized spacial score (nSPS) is 10.7. The van der Waals surface area contributed by atoms with Gasteiger partial charge in [-0.25, -0.2) is 0 Å². The summed E-state index contributed by atoms with van der Waals surface area (Å²) in [5, 5.41) is 6.56. The monoisotopic (exact) mass is 376 g/mol. The summed E-state index contributed by atoms with van der Waals surface area (Å²) in [7, 11) is 1.79. The van der Waals surface area contributed by atoms with Crippen LogP contribution in [-0.4, -0.2) is 24.5 Å². The topological polar surface area (TPSA) is 49.3 Å². The maximum absolute atomic E-state index is 4.26. The number of nitrogens with one attached hydrogen (secondary N) is 2. The quantitative estimate of drug-likeness (QED) is 0.333. The van der Waals surface area contributed by atoms with Crippen LogP contribution in [0, 0.1) is 0 Å².